The molecule has 0 atom stereocenters. The summed E-state index contributed by atoms with van der Waals surface area (Å²) < 4.78 is 7.77. The Morgan fingerprint density at radius 2 is 2.14 bits per heavy atom. The van der Waals surface area contributed by atoms with Gasteiger partial charge in [-0.2, -0.15) is 5.10 Å². The monoisotopic (exact) mass is 307 g/mol. The molecule has 0 unspecified atom stereocenters. The molecular weight excluding hydrogens is 286 g/mol. The van der Waals surface area contributed by atoms with Crippen molar-refractivity contribution in [2.75, 3.05) is 6.54 Å². The van der Waals surface area contributed by atoms with Crippen LogP contribution >= 0.6 is 11.6 Å². The lowest BCUT2D eigenvalue weighted by atomic mass is 10.2. The maximum Gasteiger partial charge on any atom is 0.131 e. The van der Waals surface area contributed by atoms with E-state index in [1.165, 1.54) is 5.56 Å². The normalized spacial score (nSPS) is 10.9. The van der Waals surface area contributed by atoms with Gasteiger partial charge in [0.2, 0.25) is 0 Å². The van der Waals surface area contributed by atoms with Crippen molar-refractivity contribution in [2.24, 2.45) is 0 Å². The molecule has 2 aromatic rings. The zero-order valence-corrected chi connectivity index (χ0v) is 13.6. The molecule has 21 heavy (non-hydrogen) atoms. The highest BCUT2D eigenvalue weighted by Gasteiger charge is 2.13. The second-order valence-electron chi connectivity index (χ2n) is 4.88. The van der Waals surface area contributed by atoms with E-state index in [-0.39, 0.29) is 0 Å². The zero-order valence-electron chi connectivity index (χ0n) is 12.8. The Labute approximate surface area is 131 Å². The summed E-state index contributed by atoms with van der Waals surface area (Å²) >= 11 is 6.29. The van der Waals surface area contributed by atoms with E-state index in [4.69, 9.17) is 16.3 Å². The molecule has 0 bridgehead atoms. The van der Waals surface area contributed by atoms with Crippen molar-refractivity contribution < 1.29 is 4.74 Å². The summed E-state index contributed by atoms with van der Waals surface area (Å²) in [7, 11) is 0. The first kappa shape index (κ1) is 15.9. The van der Waals surface area contributed by atoms with Crippen LogP contribution in [0.5, 0.6) is 5.75 Å². The summed E-state index contributed by atoms with van der Waals surface area (Å²) in [5.74, 6) is 0.850. The number of aryl methyl sites for hydroxylation is 2. The van der Waals surface area contributed by atoms with Gasteiger partial charge in [-0.15, -0.1) is 0 Å². The van der Waals surface area contributed by atoms with Crippen molar-refractivity contribution in [3.8, 4) is 5.75 Å². The average molecular weight is 308 g/mol. The average Bonchev–Trinajstić information content (AvgIpc) is 2.78. The third kappa shape index (κ3) is 3.99. The summed E-state index contributed by atoms with van der Waals surface area (Å²) in [5.41, 5.74) is 2.98. The molecule has 0 aliphatic rings. The van der Waals surface area contributed by atoms with Gasteiger partial charge in [-0.05, 0) is 38.1 Å². The minimum atomic E-state index is 0.429. The van der Waals surface area contributed by atoms with Crippen molar-refractivity contribution in [3.63, 3.8) is 0 Å². The first-order chi connectivity index (χ1) is 10.2. The highest BCUT2D eigenvalue weighted by atomic mass is 35.5. The number of hydrogen-bond donors (Lipinski definition) is 1. The molecule has 0 radical (unpaired) electrons. The smallest absolute Gasteiger partial charge is 0.131 e. The fourth-order valence-corrected chi connectivity index (χ4v) is 2.36. The van der Waals surface area contributed by atoms with Gasteiger partial charge in [0, 0.05) is 13.1 Å². The van der Waals surface area contributed by atoms with Crippen molar-refractivity contribution in [1.82, 2.24) is 15.1 Å². The second kappa shape index (κ2) is 7.48. The van der Waals surface area contributed by atoms with Gasteiger partial charge < -0.3 is 10.1 Å². The first-order valence-electron chi connectivity index (χ1n) is 7.30. The molecule has 4 nitrogen and oxygen atoms in total. The lowest BCUT2D eigenvalue weighted by molar-refractivity contribution is 0.292. The summed E-state index contributed by atoms with van der Waals surface area (Å²) in [4.78, 5) is 0. The third-order valence-electron chi connectivity index (χ3n) is 3.31. The van der Waals surface area contributed by atoms with Crippen LogP contribution in [0.2, 0.25) is 5.02 Å². The maximum atomic E-state index is 6.29. The molecule has 1 aromatic heterocycles. The molecule has 0 aliphatic carbocycles. The molecule has 0 fully saturated rings. The SMILES string of the molecule is CCNCc1cccc(OCc2c(Cl)c(C)nn2CC)c1. The number of aromatic nitrogens is 2. The fraction of sp³-hybridized carbons (Fsp3) is 0.438. The van der Waals surface area contributed by atoms with Crippen LogP contribution in [0.1, 0.15) is 30.8 Å². The predicted octanol–water partition coefficient (Wildman–Crippen LogP) is 3.55. The van der Waals surface area contributed by atoms with E-state index in [1.54, 1.807) is 0 Å². The van der Waals surface area contributed by atoms with Crippen molar-refractivity contribution in [2.45, 2.75) is 40.5 Å². The van der Waals surface area contributed by atoms with E-state index in [0.29, 0.717) is 11.6 Å². The van der Waals surface area contributed by atoms with Crippen LogP contribution in [-0.4, -0.2) is 16.3 Å². The highest BCUT2D eigenvalue weighted by molar-refractivity contribution is 6.31. The molecule has 1 heterocycles. The standard InChI is InChI=1S/C16H22ClN3O/c1-4-18-10-13-7-6-8-14(9-13)21-11-15-16(17)12(3)19-20(15)5-2/h6-9,18H,4-5,10-11H2,1-3H3. The Bertz CT molecular complexity index is 595. The molecule has 0 spiro atoms. The topological polar surface area (TPSA) is 39.1 Å². The number of benzene rings is 1. The molecule has 2 rings (SSSR count). The first-order valence-corrected chi connectivity index (χ1v) is 7.67. The summed E-state index contributed by atoms with van der Waals surface area (Å²) in [5, 5.41) is 8.39. The van der Waals surface area contributed by atoms with Crippen LogP contribution in [0.15, 0.2) is 24.3 Å². The molecule has 1 N–H and O–H groups in total. The van der Waals surface area contributed by atoms with Gasteiger partial charge in [0.15, 0.2) is 0 Å². The molecule has 0 aliphatic heterocycles. The molecule has 1 aromatic carbocycles. The van der Waals surface area contributed by atoms with Crippen LogP contribution in [0, 0.1) is 6.92 Å². The summed E-state index contributed by atoms with van der Waals surface area (Å²) in [6.45, 7) is 9.07. The van der Waals surface area contributed by atoms with E-state index in [9.17, 15) is 0 Å². The minimum Gasteiger partial charge on any atom is -0.487 e. The quantitative estimate of drug-likeness (QED) is 0.850. The van der Waals surface area contributed by atoms with E-state index in [0.717, 1.165) is 36.8 Å². The maximum absolute atomic E-state index is 6.29. The Morgan fingerprint density at radius 3 is 2.86 bits per heavy atom. The van der Waals surface area contributed by atoms with E-state index in [2.05, 4.69) is 29.5 Å². The van der Waals surface area contributed by atoms with Gasteiger partial charge in [0.25, 0.3) is 0 Å². The summed E-state index contributed by atoms with van der Waals surface area (Å²) in [6.07, 6.45) is 0. The molecule has 5 heteroatoms. The van der Waals surface area contributed by atoms with Gasteiger partial charge in [-0.25, -0.2) is 0 Å². The summed E-state index contributed by atoms with van der Waals surface area (Å²) in [6, 6.07) is 8.11. The molecule has 114 valence electrons. The van der Waals surface area contributed by atoms with Crippen LogP contribution in [0.3, 0.4) is 0 Å². The second-order valence-corrected chi connectivity index (χ2v) is 5.26. The van der Waals surface area contributed by atoms with E-state index >= 15 is 0 Å². The third-order valence-corrected chi connectivity index (χ3v) is 3.80. The van der Waals surface area contributed by atoms with Crippen molar-refractivity contribution >= 4 is 11.6 Å². The Morgan fingerprint density at radius 1 is 1.33 bits per heavy atom. The highest BCUT2D eigenvalue weighted by Crippen LogP contribution is 2.22. The number of rotatable bonds is 7. The minimum absolute atomic E-state index is 0.429. The lowest BCUT2D eigenvalue weighted by Crippen LogP contribution is -2.11. The fourth-order valence-electron chi connectivity index (χ4n) is 2.17. The van der Waals surface area contributed by atoms with Gasteiger partial charge in [0.05, 0.1) is 16.4 Å². The molecule has 0 saturated carbocycles. The lowest BCUT2D eigenvalue weighted by Gasteiger charge is -2.10. The Balaban J connectivity index is 2.06. The molecule has 0 amide bonds. The van der Waals surface area contributed by atoms with Gasteiger partial charge in [-0.3, -0.25) is 4.68 Å². The van der Waals surface area contributed by atoms with E-state index in [1.807, 2.05) is 30.7 Å². The van der Waals surface area contributed by atoms with Gasteiger partial charge >= 0.3 is 0 Å². The van der Waals surface area contributed by atoms with Crippen LogP contribution < -0.4 is 10.1 Å². The Kier molecular flexibility index (Phi) is 5.65. The van der Waals surface area contributed by atoms with Gasteiger partial charge in [-0.1, -0.05) is 30.7 Å². The Hall–Kier alpha value is -1.52. The molecular formula is C16H22ClN3O. The number of hydrogen-bond acceptors (Lipinski definition) is 3. The van der Waals surface area contributed by atoms with Crippen LogP contribution in [-0.2, 0) is 19.7 Å². The largest absolute Gasteiger partial charge is 0.487 e. The van der Waals surface area contributed by atoms with Crippen LogP contribution in [0.4, 0.5) is 0 Å². The van der Waals surface area contributed by atoms with Crippen LogP contribution in [0.25, 0.3) is 0 Å². The number of nitrogens with zero attached hydrogens (tertiary/aromatic N) is 2. The van der Waals surface area contributed by atoms with E-state index < -0.39 is 0 Å². The van der Waals surface area contributed by atoms with Crippen molar-refractivity contribution in [3.05, 3.63) is 46.2 Å². The number of nitrogens with one attached hydrogen (secondary N) is 1. The zero-order chi connectivity index (χ0) is 15.2. The van der Waals surface area contributed by atoms with Crippen molar-refractivity contribution in [1.29, 1.82) is 0 Å². The predicted molar refractivity (Wildman–Crippen MR) is 85.8 cm³/mol. The number of halogens is 1. The molecule has 0 saturated heterocycles. The number of ether oxygens (including phenoxy) is 1. The van der Waals surface area contributed by atoms with Gasteiger partial charge in [0.1, 0.15) is 12.4 Å².